The number of hydrogen-bond donors (Lipinski definition) is 2. The summed E-state index contributed by atoms with van der Waals surface area (Å²) in [7, 11) is -2.85. The van der Waals surface area contributed by atoms with E-state index >= 15 is 0 Å². The van der Waals surface area contributed by atoms with E-state index in [1.165, 1.54) is 18.2 Å². The largest absolute Gasteiger partial charge is 0.349 e. The average Bonchev–Trinajstić information content (AvgIpc) is 3.21. The maximum atomic E-state index is 13.4. The molecule has 6 heteroatoms. The summed E-state index contributed by atoms with van der Waals surface area (Å²) in [5, 5.41) is 2.97. The minimum Gasteiger partial charge on any atom is -0.349 e. The zero-order valence-corrected chi connectivity index (χ0v) is 11.6. The van der Waals surface area contributed by atoms with Crippen LogP contribution < -0.4 is 5.32 Å². The SMILES string of the molecule is N=S1(=O)CCC(NC(=O)C23CC2C3)c2cc(F)ccc21. The molecule has 4 rings (SSSR count). The Labute approximate surface area is 116 Å². The number of carbonyl (C=O) groups excluding carboxylic acids is 1. The maximum Gasteiger partial charge on any atom is 0.227 e. The minimum atomic E-state index is -2.85. The second-order valence-corrected chi connectivity index (χ2v) is 8.34. The Morgan fingerprint density at radius 3 is 2.80 bits per heavy atom. The van der Waals surface area contributed by atoms with Crippen molar-refractivity contribution in [1.82, 2.24) is 5.32 Å². The van der Waals surface area contributed by atoms with Crippen LogP contribution in [0, 0.1) is 21.9 Å². The van der Waals surface area contributed by atoms with Crippen molar-refractivity contribution in [2.75, 3.05) is 5.75 Å². The van der Waals surface area contributed by atoms with Crippen molar-refractivity contribution in [3.63, 3.8) is 0 Å². The van der Waals surface area contributed by atoms with Gasteiger partial charge in [-0.2, -0.15) is 0 Å². The Kier molecular flexibility index (Phi) is 2.22. The third-order valence-electron chi connectivity index (χ3n) is 4.84. The van der Waals surface area contributed by atoms with E-state index in [-0.39, 0.29) is 23.1 Å². The standard InChI is InChI=1S/C14H15FN2O2S/c15-9-1-2-12-10(5-9)11(3-4-20(12,16)19)17-13(18)14-6-8(14)7-14/h1-2,5,8,11,16H,3-4,6-7H2,(H,17,18). The molecule has 1 heterocycles. The van der Waals surface area contributed by atoms with E-state index < -0.39 is 15.5 Å². The lowest BCUT2D eigenvalue weighted by molar-refractivity contribution is -0.125. The number of nitrogens with one attached hydrogen (secondary N) is 2. The molecule has 2 saturated carbocycles. The number of fused-ring (bicyclic) bond motifs is 2. The van der Waals surface area contributed by atoms with Crippen LogP contribution in [0.2, 0.25) is 0 Å². The monoisotopic (exact) mass is 294 g/mol. The molecule has 2 atom stereocenters. The van der Waals surface area contributed by atoms with Crippen molar-refractivity contribution in [3.05, 3.63) is 29.6 Å². The summed E-state index contributed by atoms with van der Waals surface area (Å²) in [5.74, 6) is 0.390. The summed E-state index contributed by atoms with van der Waals surface area (Å²) in [5.41, 5.74) is 0.381. The van der Waals surface area contributed by atoms with Gasteiger partial charge in [-0.15, -0.1) is 0 Å². The van der Waals surface area contributed by atoms with E-state index in [0.29, 0.717) is 22.8 Å². The molecule has 4 nitrogen and oxygen atoms in total. The van der Waals surface area contributed by atoms with Crippen LogP contribution >= 0.6 is 0 Å². The summed E-state index contributed by atoms with van der Waals surface area (Å²) >= 11 is 0. The third-order valence-corrected chi connectivity index (χ3v) is 6.73. The lowest BCUT2D eigenvalue weighted by atomic mass is 10.0. The minimum absolute atomic E-state index is 0.0427. The van der Waals surface area contributed by atoms with E-state index in [0.717, 1.165) is 12.8 Å². The van der Waals surface area contributed by atoms with E-state index in [9.17, 15) is 13.4 Å². The molecular formula is C14H15FN2O2S. The molecule has 1 aromatic carbocycles. The second-order valence-electron chi connectivity index (χ2n) is 6.14. The molecule has 2 unspecified atom stereocenters. The third kappa shape index (κ3) is 1.63. The summed E-state index contributed by atoms with van der Waals surface area (Å²) in [6, 6.07) is 3.65. The van der Waals surface area contributed by atoms with Crippen LogP contribution in [-0.4, -0.2) is 15.9 Å². The van der Waals surface area contributed by atoms with Gasteiger partial charge in [0.2, 0.25) is 5.91 Å². The number of hydrogen-bond acceptors (Lipinski definition) is 3. The van der Waals surface area contributed by atoms with Crippen molar-refractivity contribution >= 4 is 15.6 Å². The van der Waals surface area contributed by atoms with Crippen molar-refractivity contribution in [2.45, 2.75) is 30.2 Å². The Balaban J connectivity index is 1.68. The molecule has 20 heavy (non-hydrogen) atoms. The highest BCUT2D eigenvalue weighted by Gasteiger charge is 2.74. The predicted octanol–water partition coefficient (Wildman–Crippen LogP) is 2.20. The molecule has 1 aliphatic heterocycles. The Bertz CT molecular complexity index is 723. The van der Waals surface area contributed by atoms with Crippen molar-refractivity contribution < 1.29 is 13.4 Å². The summed E-state index contributed by atoms with van der Waals surface area (Å²) in [6.07, 6.45) is 2.37. The maximum absolute atomic E-state index is 13.4. The van der Waals surface area contributed by atoms with Crippen molar-refractivity contribution in [2.24, 2.45) is 11.3 Å². The fourth-order valence-electron chi connectivity index (χ4n) is 3.17. The molecule has 0 radical (unpaired) electrons. The van der Waals surface area contributed by atoms with Crippen LogP contribution in [0.25, 0.3) is 0 Å². The van der Waals surface area contributed by atoms with E-state index in [2.05, 4.69) is 5.32 Å². The number of benzene rings is 1. The number of halogens is 1. The van der Waals surface area contributed by atoms with Gasteiger partial charge in [0.05, 0.1) is 26.1 Å². The van der Waals surface area contributed by atoms with Gasteiger partial charge in [0, 0.05) is 5.75 Å². The van der Waals surface area contributed by atoms with Crippen LogP contribution in [0.4, 0.5) is 4.39 Å². The predicted molar refractivity (Wildman–Crippen MR) is 71.1 cm³/mol. The molecule has 1 amide bonds. The molecule has 106 valence electrons. The molecule has 0 saturated heterocycles. The first kappa shape index (κ1) is 12.3. The average molecular weight is 294 g/mol. The summed E-state index contributed by atoms with van der Waals surface area (Å²) in [6.45, 7) is 0. The van der Waals surface area contributed by atoms with E-state index in [1.54, 1.807) is 0 Å². The number of rotatable bonds is 2. The van der Waals surface area contributed by atoms with Crippen molar-refractivity contribution in [3.8, 4) is 0 Å². The molecule has 2 aliphatic carbocycles. The van der Waals surface area contributed by atoms with Gasteiger partial charge in [-0.3, -0.25) is 4.79 Å². The van der Waals surface area contributed by atoms with E-state index in [4.69, 9.17) is 4.78 Å². The molecule has 0 spiro atoms. The quantitative estimate of drug-likeness (QED) is 0.878. The fraction of sp³-hybridized carbons (Fsp3) is 0.500. The molecule has 3 aliphatic rings. The molecule has 1 aromatic rings. The highest BCUT2D eigenvalue weighted by atomic mass is 32.2. The Morgan fingerprint density at radius 2 is 2.15 bits per heavy atom. The van der Waals surface area contributed by atoms with Gasteiger partial charge in [0.25, 0.3) is 0 Å². The normalized spacial score (nSPS) is 40.5. The van der Waals surface area contributed by atoms with Gasteiger partial charge in [0.1, 0.15) is 5.82 Å². The number of carbonyl (C=O) groups is 1. The topological polar surface area (TPSA) is 70.0 Å². The molecule has 2 N–H and O–H groups in total. The van der Waals surface area contributed by atoms with Gasteiger partial charge in [-0.05, 0) is 48.9 Å². The summed E-state index contributed by atoms with van der Waals surface area (Å²) in [4.78, 5) is 12.5. The zero-order chi connectivity index (χ0) is 14.1. The zero-order valence-electron chi connectivity index (χ0n) is 10.8. The highest BCUT2D eigenvalue weighted by molar-refractivity contribution is 7.92. The molecule has 2 fully saturated rings. The van der Waals surface area contributed by atoms with Crippen LogP contribution in [0.5, 0.6) is 0 Å². The first-order chi connectivity index (χ1) is 9.42. The lowest BCUT2D eigenvalue weighted by Gasteiger charge is -2.28. The fourth-order valence-corrected chi connectivity index (χ4v) is 4.82. The van der Waals surface area contributed by atoms with Crippen LogP contribution in [0.1, 0.15) is 30.9 Å². The van der Waals surface area contributed by atoms with Crippen LogP contribution in [-0.2, 0) is 14.5 Å². The molecule has 0 bridgehead atoms. The van der Waals surface area contributed by atoms with Crippen molar-refractivity contribution in [1.29, 1.82) is 4.78 Å². The van der Waals surface area contributed by atoms with Gasteiger partial charge < -0.3 is 5.32 Å². The van der Waals surface area contributed by atoms with Crippen LogP contribution in [0.3, 0.4) is 0 Å². The highest BCUT2D eigenvalue weighted by Crippen LogP contribution is 2.75. The summed E-state index contributed by atoms with van der Waals surface area (Å²) < 4.78 is 33.6. The molecule has 0 aromatic heterocycles. The Hall–Kier alpha value is -1.43. The van der Waals surface area contributed by atoms with Gasteiger partial charge in [-0.1, -0.05) is 0 Å². The first-order valence-electron chi connectivity index (χ1n) is 6.79. The second kappa shape index (κ2) is 3.61. The van der Waals surface area contributed by atoms with Gasteiger partial charge >= 0.3 is 0 Å². The lowest BCUT2D eigenvalue weighted by Crippen LogP contribution is -2.36. The van der Waals surface area contributed by atoms with Gasteiger partial charge in [0.15, 0.2) is 0 Å². The van der Waals surface area contributed by atoms with E-state index in [1.807, 2.05) is 0 Å². The van der Waals surface area contributed by atoms with Crippen LogP contribution in [0.15, 0.2) is 23.1 Å². The number of amides is 1. The first-order valence-corrected chi connectivity index (χ1v) is 8.52. The Morgan fingerprint density at radius 1 is 1.45 bits per heavy atom. The van der Waals surface area contributed by atoms with Gasteiger partial charge in [-0.25, -0.2) is 13.4 Å². The smallest absolute Gasteiger partial charge is 0.227 e. The molecular weight excluding hydrogens is 279 g/mol.